The third-order valence-corrected chi connectivity index (χ3v) is 3.56. The van der Waals surface area contributed by atoms with E-state index in [0.717, 1.165) is 0 Å². The van der Waals surface area contributed by atoms with Crippen LogP contribution in [0, 0.1) is 6.92 Å². The molecule has 0 aliphatic heterocycles. The van der Waals surface area contributed by atoms with Crippen LogP contribution in [0.3, 0.4) is 0 Å². The van der Waals surface area contributed by atoms with Crippen LogP contribution in [0.25, 0.3) is 0 Å². The fourth-order valence-electron chi connectivity index (χ4n) is 2.20. The number of nitrogen functional groups attached to an aromatic ring is 1. The van der Waals surface area contributed by atoms with E-state index in [9.17, 15) is 14.4 Å². The zero-order valence-corrected chi connectivity index (χ0v) is 13.7. The number of hydrogen-bond donors (Lipinski definition) is 1. The van der Waals surface area contributed by atoms with Crippen molar-refractivity contribution in [2.24, 2.45) is 0 Å². The minimum atomic E-state index is -0.864. The highest BCUT2D eigenvalue weighted by Gasteiger charge is 2.28. The van der Waals surface area contributed by atoms with Crippen molar-refractivity contribution in [1.29, 1.82) is 0 Å². The van der Waals surface area contributed by atoms with Gasteiger partial charge in [0.2, 0.25) is 0 Å². The Morgan fingerprint density at radius 3 is 2.35 bits per heavy atom. The quantitative estimate of drug-likeness (QED) is 0.480. The van der Waals surface area contributed by atoms with Crippen molar-refractivity contribution in [3.8, 4) is 0 Å². The number of ether oxygens (including phenoxy) is 3. The lowest BCUT2D eigenvalue weighted by Gasteiger charge is -2.20. The van der Waals surface area contributed by atoms with Gasteiger partial charge in [-0.3, -0.25) is 14.4 Å². The van der Waals surface area contributed by atoms with E-state index in [4.69, 9.17) is 15.2 Å². The highest BCUT2D eigenvalue weighted by molar-refractivity contribution is 5.85. The SMILES string of the molecule is COC(=O)C[C@@H](C(=O)OC)c1ccc(N)c(C)c1COC(C)=O. The van der Waals surface area contributed by atoms with E-state index in [2.05, 4.69) is 4.74 Å². The van der Waals surface area contributed by atoms with Crippen LogP contribution in [0.5, 0.6) is 0 Å². The molecule has 0 aliphatic rings. The summed E-state index contributed by atoms with van der Waals surface area (Å²) < 4.78 is 14.4. The van der Waals surface area contributed by atoms with Crippen LogP contribution in [0.15, 0.2) is 12.1 Å². The van der Waals surface area contributed by atoms with Crippen molar-refractivity contribution in [3.05, 3.63) is 28.8 Å². The van der Waals surface area contributed by atoms with Crippen LogP contribution in [-0.2, 0) is 35.2 Å². The van der Waals surface area contributed by atoms with Crippen LogP contribution >= 0.6 is 0 Å². The number of carbonyl (C=O) groups is 3. The van der Waals surface area contributed by atoms with Gasteiger partial charge in [-0.15, -0.1) is 0 Å². The fraction of sp³-hybridized carbons (Fsp3) is 0.438. The third kappa shape index (κ3) is 4.70. The fourth-order valence-corrected chi connectivity index (χ4v) is 2.20. The molecule has 0 bridgehead atoms. The lowest BCUT2D eigenvalue weighted by molar-refractivity contribution is -0.149. The lowest BCUT2D eigenvalue weighted by Crippen LogP contribution is -2.21. The summed E-state index contributed by atoms with van der Waals surface area (Å²) in [6.07, 6.45) is -0.181. The van der Waals surface area contributed by atoms with E-state index < -0.39 is 23.8 Å². The van der Waals surface area contributed by atoms with Gasteiger partial charge >= 0.3 is 17.9 Å². The summed E-state index contributed by atoms with van der Waals surface area (Å²) in [6.45, 7) is 2.99. The molecule has 0 aliphatic carbocycles. The predicted octanol–water partition coefficient (Wildman–Crippen LogP) is 1.46. The Morgan fingerprint density at radius 2 is 1.83 bits per heavy atom. The van der Waals surface area contributed by atoms with Gasteiger partial charge in [0, 0.05) is 12.6 Å². The monoisotopic (exact) mass is 323 g/mol. The first kappa shape index (κ1) is 18.5. The zero-order valence-electron chi connectivity index (χ0n) is 13.7. The average molecular weight is 323 g/mol. The van der Waals surface area contributed by atoms with E-state index in [1.807, 2.05) is 0 Å². The molecule has 0 saturated carbocycles. The van der Waals surface area contributed by atoms with Gasteiger partial charge in [-0.1, -0.05) is 6.07 Å². The molecule has 0 spiro atoms. The normalized spacial score (nSPS) is 11.5. The molecule has 0 amide bonds. The highest BCUT2D eigenvalue weighted by Crippen LogP contribution is 2.30. The molecule has 1 aromatic carbocycles. The molecule has 23 heavy (non-hydrogen) atoms. The van der Waals surface area contributed by atoms with E-state index in [-0.39, 0.29) is 13.0 Å². The van der Waals surface area contributed by atoms with E-state index in [0.29, 0.717) is 22.4 Å². The van der Waals surface area contributed by atoms with Crippen molar-refractivity contribution in [2.45, 2.75) is 32.8 Å². The molecule has 0 saturated heterocycles. The van der Waals surface area contributed by atoms with E-state index in [1.165, 1.54) is 21.1 Å². The van der Waals surface area contributed by atoms with Gasteiger partial charge in [-0.25, -0.2) is 0 Å². The number of hydrogen-bond acceptors (Lipinski definition) is 7. The molecule has 0 radical (unpaired) electrons. The Hall–Kier alpha value is -2.57. The summed E-state index contributed by atoms with van der Waals surface area (Å²) >= 11 is 0. The zero-order chi connectivity index (χ0) is 17.6. The summed E-state index contributed by atoms with van der Waals surface area (Å²) in [5.41, 5.74) is 8.17. The van der Waals surface area contributed by atoms with Crippen molar-refractivity contribution >= 4 is 23.6 Å². The predicted molar refractivity (Wildman–Crippen MR) is 82.5 cm³/mol. The molecule has 1 aromatic rings. The van der Waals surface area contributed by atoms with Crippen molar-refractivity contribution in [2.75, 3.05) is 20.0 Å². The smallest absolute Gasteiger partial charge is 0.313 e. The molecular weight excluding hydrogens is 302 g/mol. The first-order valence-electron chi connectivity index (χ1n) is 6.97. The Morgan fingerprint density at radius 1 is 1.17 bits per heavy atom. The number of rotatable bonds is 6. The molecule has 7 heteroatoms. The van der Waals surface area contributed by atoms with Crippen molar-refractivity contribution in [3.63, 3.8) is 0 Å². The van der Waals surface area contributed by atoms with Crippen LogP contribution in [0.4, 0.5) is 5.69 Å². The molecule has 0 heterocycles. The van der Waals surface area contributed by atoms with Gasteiger partial charge < -0.3 is 19.9 Å². The molecule has 126 valence electrons. The van der Waals surface area contributed by atoms with Gasteiger partial charge in [0.05, 0.1) is 26.6 Å². The van der Waals surface area contributed by atoms with Crippen LogP contribution in [-0.4, -0.2) is 32.1 Å². The number of methoxy groups -OCH3 is 2. The molecule has 1 atom stereocenters. The Bertz CT molecular complexity index is 611. The van der Waals surface area contributed by atoms with Gasteiger partial charge in [-0.05, 0) is 29.7 Å². The highest BCUT2D eigenvalue weighted by atomic mass is 16.5. The largest absolute Gasteiger partial charge is 0.469 e. The number of carbonyl (C=O) groups excluding carboxylic acids is 3. The molecule has 2 N–H and O–H groups in total. The average Bonchev–Trinajstić information content (AvgIpc) is 2.53. The second-order valence-corrected chi connectivity index (χ2v) is 4.98. The number of anilines is 1. The summed E-state index contributed by atoms with van der Waals surface area (Å²) in [6, 6.07) is 3.26. The molecule has 0 unspecified atom stereocenters. The maximum absolute atomic E-state index is 12.1. The summed E-state index contributed by atoms with van der Waals surface area (Å²) in [4.78, 5) is 34.8. The molecule has 1 rings (SSSR count). The maximum Gasteiger partial charge on any atom is 0.313 e. The summed E-state index contributed by atoms with van der Waals surface area (Å²) in [5, 5.41) is 0. The first-order chi connectivity index (χ1) is 10.8. The van der Waals surface area contributed by atoms with Gasteiger partial charge in [0.15, 0.2) is 0 Å². The van der Waals surface area contributed by atoms with Gasteiger partial charge in [0.25, 0.3) is 0 Å². The van der Waals surface area contributed by atoms with Crippen LogP contribution in [0.1, 0.15) is 36.0 Å². The van der Waals surface area contributed by atoms with Crippen LogP contribution < -0.4 is 5.73 Å². The van der Waals surface area contributed by atoms with Crippen molar-refractivity contribution < 1.29 is 28.6 Å². The lowest BCUT2D eigenvalue weighted by atomic mass is 9.88. The first-order valence-corrected chi connectivity index (χ1v) is 6.97. The standard InChI is InChI=1S/C16H21NO6/c1-9-13(8-23-10(2)18)11(5-6-14(9)17)12(16(20)22-4)7-15(19)21-3/h5-6,12H,7-8,17H2,1-4H3/t12-/m1/s1. The van der Waals surface area contributed by atoms with Crippen LogP contribution in [0.2, 0.25) is 0 Å². The molecule has 7 nitrogen and oxygen atoms in total. The topological polar surface area (TPSA) is 105 Å². The third-order valence-electron chi connectivity index (χ3n) is 3.56. The van der Waals surface area contributed by atoms with Gasteiger partial charge in [0.1, 0.15) is 6.61 Å². The molecule has 0 aromatic heterocycles. The molecule has 0 fully saturated rings. The number of esters is 3. The number of nitrogens with two attached hydrogens (primary N) is 1. The second-order valence-electron chi connectivity index (χ2n) is 4.98. The van der Waals surface area contributed by atoms with Gasteiger partial charge in [-0.2, -0.15) is 0 Å². The maximum atomic E-state index is 12.1. The van der Waals surface area contributed by atoms with E-state index in [1.54, 1.807) is 19.1 Å². The molecular formula is C16H21NO6. The Kier molecular flexibility index (Phi) is 6.56. The number of benzene rings is 1. The Labute approximate surface area is 134 Å². The minimum absolute atomic E-state index is 0.0454. The summed E-state index contributed by atoms with van der Waals surface area (Å²) in [7, 11) is 2.48. The van der Waals surface area contributed by atoms with E-state index >= 15 is 0 Å². The van der Waals surface area contributed by atoms with Crippen molar-refractivity contribution in [1.82, 2.24) is 0 Å². The Balaban J connectivity index is 3.33. The summed E-state index contributed by atoms with van der Waals surface area (Å²) in [5.74, 6) is -2.45. The second kappa shape index (κ2) is 8.17. The minimum Gasteiger partial charge on any atom is -0.469 e.